The summed E-state index contributed by atoms with van der Waals surface area (Å²) < 4.78 is 0. The number of hydrogen-bond donors (Lipinski definition) is 0. The van der Waals surface area contributed by atoms with E-state index in [1.54, 1.807) is 0 Å². The average molecular weight is 210 g/mol. The molecule has 0 aromatic heterocycles. The zero-order valence-corrected chi connectivity index (χ0v) is 11.0. The van der Waals surface area contributed by atoms with Gasteiger partial charge in [0.2, 0.25) is 0 Å². The van der Waals surface area contributed by atoms with E-state index >= 15 is 0 Å². The highest BCUT2D eigenvalue weighted by atomic mass is 16.1. The fourth-order valence-electron chi connectivity index (χ4n) is 3.25. The summed E-state index contributed by atoms with van der Waals surface area (Å²) in [4.78, 5) is 12.2. The van der Waals surface area contributed by atoms with Gasteiger partial charge in [0, 0.05) is 12.3 Å². The van der Waals surface area contributed by atoms with Gasteiger partial charge in [-0.3, -0.25) is 4.79 Å². The molecular weight excluding hydrogens is 184 g/mol. The van der Waals surface area contributed by atoms with Crippen molar-refractivity contribution in [2.24, 2.45) is 23.2 Å². The molecule has 0 amide bonds. The van der Waals surface area contributed by atoms with Crippen molar-refractivity contribution in [2.45, 2.75) is 60.3 Å². The first-order valence-corrected chi connectivity index (χ1v) is 6.37. The van der Waals surface area contributed by atoms with Crippen molar-refractivity contribution in [1.29, 1.82) is 0 Å². The zero-order chi connectivity index (χ0) is 11.6. The van der Waals surface area contributed by atoms with E-state index in [1.165, 1.54) is 19.3 Å². The van der Waals surface area contributed by atoms with Gasteiger partial charge in [-0.2, -0.15) is 0 Å². The van der Waals surface area contributed by atoms with E-state index in [-0.39, 0.29) is 5.41 Å². The molecule has 0 radical (unpaired) electrons. The first kappa shape index (κ1) is 12.7. The first-order chi connectivity index (χ1) is 6.84. The minimum absolute atomic E-state index is 0.226. The Hall–Kier alpha value is -0.330. The Labute approximate surface area is 94.6 Å². The van der Waals surface area contributed by atoms with Crippen molar-refractivity contribution < 1.29 is 4.79 Å². The second-order valence-corrected chi connectivity index (χ2v) is 6.40. The molecule has 88 valence electrons. The maximum absolute atomic E-state index is 12.2. The molecule has 0 N–H and O–H groups in total. The summed E-state index contributed by atoms with van der Waals surface area (Å²) >= 11 is 0. The highest BCUT2D eigenvalue weighted by Gasteiger charge is 2.40. The Morgan fingerprint density at radius 3 is 2.47 bits per heavy atom. The molecule has 0 aromatic carbocycles. The third-order valence-electron chi connectivity index (χ3n) is 3.85. The Morgan fingerprint density at radius 2 is 2.00 bits per heavy atom. The van der Waals surface area contributed by atoms with Crippen LogP contribution in [-0.4, -0.2) is 5.78 Å². The van der Waals surface area contributed by atoms with E-state index in [4.69, 9.17) is 0 Å². The lowest BCUT2D eigenvalue weighted by atomic mass is 9.62. The van der Waals surface area contributed by atoms with Gasteiger partial charge in [0.15, 0.2) is 0 Å². The molecule has 0 spiro atoms. The highest BCUT2D eigenvalue weighted by molar-refractivity contribution is 5.82. The summed E-state index contributed by atoms with van der Waals surface area (Å²) in [5.41, 5.74) is 0.226. The second kappa shape index (κ2) is 4.67. The number of carbonyl (C=O) groups is 1. The molecule has 2 unspecified atom stereocenters. The number of hydrogen-bond acceptors (Lipinski definition) is 1. The molecule has 1 saturated carbocycles. The summed E-state index contributed by atoms with van der Waals surface area (Å²) in [6.45, 7) is 11.1. The van der Waals surface area contributed by atoms with Crippen molar-refractivity contribution in [3.05, 3.63) is 0 Å². The average Bonchev–Trinajstić information content (AvgIpc) is 1.99. The predicted molar refractivity (Wildman–Crippen MR) is 64.7 cm³/mol. The van der Waals surface area contributed by atoms with E-state index in [2.05, 4.69) is 34.6 Å². The van der Waals surface area contributed by atoms with Gasteiger partial charge in [-0.25, -0.2) is 0 Å². The van der Waals surface area contributed by atoms with Crippen LogP contribution in [0.2, 0.25) is 0 Å². The van der Waals surface area contributed by atoms with Gasteiger partial charge in [0.1, 0.15) is 5.78 Å². The molecule has 0 bridgehead atoms. The SMILES string of the molecule is CC(C)CC(=O)C1C(C)CCCC1(C)C. The van der Waals surface area contributed by atoms with Crippen LogP contribution in [0.15, 0.2) is 0 Å². The number of Topliss-reactive ketones (excluding diaryl/α,β-unsaturated/α-hetero) is 1. The third-order valence-corrected chi connectivity index (χ3v) is 3.85. The lowest BCUT2D eigenvalue weighted by molar-refractivity contribution is -0.131. The topological polar surface area (TPSA) is 17.1 Å². The molecule has 2 atom stereocenters. The van der Waals surface area contributed by atoms with Gasteiger partial charge in [0.25, 0.3) is 0 Å². The Bertz CT molecular complexity index is 227. The number of carbonyl (C=O) groups excluding carboxylic acids is 1. The van der Waals surface area contributed by atoms with Gasteiger partial charge in [0.05, 0.1) is 0 Å². The molecule has 1 rings (SSSR count). The third kappa shape index (κ3) is 3.06. The van der Waals surface area contributed by atoms with Crippen molar-refractivity contribution in [3.63, 3.8) is 0 Å². The molecule has 1 aliphatic carbocycles. The van der Waals surface area contributed by atoms with Gasteiger partial charge < -0.3 is 0 Å². The van der Waals surface area contributed by atoms with E-state index in [0.717, 1.165) is 6.42 Å². The maximum Gasteiger partial charge on any atom is 0.137 e. The van der Waals surface area contributed by atoms with Crippen LogP contribution < -0.4 is 0 Å². The monoisotopic (exact) mass is 210 g/mol. The molecular formula is C14H26O. The van der Waals surface area contributed by atoms with Gasteiger partial charge in [-0.15, -0.1) is 0 Å². The highest BCUT2D eigenvalue weighted by Crippen LogP contribution is 2.44. The van der Waals surface area contributed by atoms with Crippen LogP contribution in [0.3, 0.4) is 0 Å². The smallest absolute Gasteiger partial charge is 0.137 e. The minimum atomic E-state index is 0.226. The van der Waals surface area contributed by atoms with E-state index in [1.807, 2.05) is 0 Å². The quantitative estimate of drug-likeness (QED) is 0.686. The standard InChI is InChI=1S/C14H26O/c1-10(2)9-12(15)13-11(3)7-6-8-14(13,4)5/h10-11,13H,6-9H2,1-5H3. The molecule has 1 aliphatic rings. The van der Waals surface area contributed by atoms with Crippen LogP contribution in [0.5, 0.6) is 0 Å². The summed E-state index contributed by atoms with van der Waals surface area (Å²) in [5, 5.41) is 0. The Kier molecular flexibility index (Phi) is 3.97. The summed E-state index contributed by atoms with van der Waals surface area (Å²) in [6, 6.07) is 0. The van der Waals surface area contributed by atoms with Crippen LogP contribution in [0.25, 0.3) is 0 Å². The lowest BCUT2D eigenvalue weighted by Crippen LogP contribution is -2.39. The molecule has 1 heteroatoms. The number of rotatable bonds is 3. The zero-order valence-electron chi connectivity index (χ0n) is 11.0. The summed E-state index contributed by atoms with van der Waals surface area (Å²) in [6.07, 6.45) is 4.50. The fourth-order valence-corrected chi connectivity index (χ4v) is 3.25. The van der Waals surface area contributed by atoms with Crippen molar-refractivity contribution in [2.75, 3.05) is 0 Å². The molecule has 1 nitrogen and oxygen atoms in total. The summed E-state index contributed by atoms with van der Waals surface area (Å²) in [5.74, 6) is 1.89. The Morgan fingerprint density at radius 1 is 1.40 bits per heavy atom. The maximum atomic E-state index is 12.2. The predicted octanol–water partition coefficient (Wildman–Crippen LogP) is 4.06. The van der Waals surface area contributed by atoms with Crippen LogP contribution in [0.4, 0.5) is 0 Å². The van der Waals surface area contributed by atoms with Crippen LogP contribution in [-0.2, 0) is 4.79 Å². The Balaban J connectivity index is 2.74. The van der Waals surface area contributed by atoms with Crippen molar-refractivity contribution in [1.82, 2.24) is 0 Å². The normalized spacial score (nSPS) is 30.5. The first-order valence-electron chi connectivity index (χ1n) is 6.37. The molecule has 0 aliphatic heterocycles. The van der Waals surface area contributed by atoms with Crippen LogP contribution in [0.1, 0.15) is 60.3 Å². The lowest BCUT2D eigenvalue weighted by Gasteiger charge is -2.42. The molecule has 0 aromatic rings. The largest absolute Gasteiger partial charge is 0.299 e. The van der Waals surface area contributed by atoms with Crippen LogP contribution >= 0.6 is 0 Å². The van der Waals surface area contributed by atoms with E-state index < -0.39 is 0 Å². The molecule has 1 fully saturated rings. The van der Waals surface area contributed by atoms with Crippen LogP contribution in [0, 0.1) is 23.2 Å². The molecule has 0 heterocycles. The number of ketones is 1. The van der Waals surface area contributed by atoms with Gasteiger partial charge >= 0.3 is 0 Å². The van der Waals surface area contributed by atoms with Crippen molar-refractivity contribution >= 4 is 5.78 Å². The minimum Gasteiger partial charge on any atom is -0.299 e. The molecule has 15 heavy (non-hydrogen) atoms. The van der Waals surface area contributed by atoms with E-state index in [0.29, 0.717) is 23.5 Å². The second-order valence-electron chi connectivity index (χ2n) is 6.40. The van der Waals surface area contributed by atoms with Gasteiger partial charge in [-0.05, 0) is 30.1 Å². The van der Waals surface area contributed by atoms with Crippen molar-refractivity contribution in [3.8, 4) is 0 Å². The molecule has 0 saturated heterocycles. The summed E-state index contributed by atoms with van der Waals surface area (Å²) in [7, 11) is 0. The fraction of sp³-hybridized carbons (Fsp3) is 0.929. The van der Waals surface area contributed by atoms with E-state index in [9.17, 15) is 4.79 Å². The van der Waals surface area contributed by atoms with Gasteiger partial charge in [-0.1, -0.05) is 41.0 Å².